The fourth-order valence-corrected chi connectivity index (χ4v) is 5.50. The van der Waals surface area contributed by atoms with Crippen LogP contribution >= 0.6 is 27.3 Å². The molecule has 2 heterocycles. The largest absolute Gasteiger partial charge is 0.338 e. The molecule has 134 valence electrons. The summed E-state index contributed by atoms with van der Waals surface area (Å²) in [4.78, 5) is 14.9. The van der Waals surface area contributed by atoms with Crippen molar-refractivity contribution >= 4 is 43.2 Å². The lowest BCUT2D eigenvalue weighted by molar-refractivity contribution is 0.0715. The smallest absolute Gasteiger partial charge is 0.265 e. The number of carbonyl (C=O) groups excluding carboxylic acids is 1. The molecule has 9 heteroatoms. The van der Waals surface area contributed by atoms with Gasteiger partial charge in [0.2, 0.25) is 10.0 Å². The number of benzene rings is 1. The Bertz CT molecular complexity index is 860. The Morgan fingerprint density at radius 3 is 2.40 bits per heavy atom. The number of thiophene rings is 1. The van der Waals surface area contributed by atoms with Gasteiger partial charge in [0.1, 0.15) is 10.7 Å². The van der Waals surface area contributed by atoms with Crippen LogP contribution in [0, 0.1) is 5.82 Å². The van der Waals surface area contributed by atoms with Crippen molar-refractivity contribution in [3.05, 3.63) is 50.9 Å². The Hall–Kier alpha value is -1.29. The lowest BCUT2D eigenvalue weighted by Gasteiger charge is -2.32. The van der Waals surface area contributed by atoms with Gasteiger partial charge in [-0.3, -0.25) is 4.79 Å². The summed E-state index contributed by atoms with van der Waals surface area (Å²) in [6.45, 7) is 0.972. The molecule has 0 saturated carbocycles. The Morgan fingerprint density at radius 2 is 1.84 bits per heavy atom. The predicted molar refractivity (Wildman–Crippen MR) is 97.7 cm³/mol. The maximum Gasteiger partial charge on any atom is 0.265 e. The Balaban J connectivity index is 1.60. The van der Waals surface area contributed by atoms with Crippen LogP contribution in [0.25, 0.3) is 0 Å². The summed E-state index contributed by atoms with van der Waals surface area (Å²) in [6.07, 6.45) is 1.07. The Morgan fingerprint density at radius 1 is 1.20 bits per heavy atom. The van der Waals surface area contributed by atoms with E-state index in [1.54, 1.807) is 4.90 Å². The summed E-state index contributed by atoms with van der Waals surface area (Å²) in [7, 11) is -3.69. The highest BCUT2D eigenvalue weighted by Crippen LogP contribution is 2.25. The lowest BCUT2D eigenvalue weighted by atomic mass is 10.1. The van der Waals surface area contributed by atoms with Crippen molar-refractivity contribution in [1.82, 2.24) is 9.62 Å². The molecule has 2 aromatic rings. The van der Waals surface area contributed by atoms with E-state index in [1.807, 2.05) is 11.4 Å². The molecular formula is C16H16BrFN2O3S2. The SMILES string of the molecule is O=C(c1sccc1Br)N1CCC(NS(=O)(=O)c2ccc(F)cc2)CC1. The number of likely N-dealkylation sites (tertiary alicyclic amines) is 1. The van der Waals surface area contributed by atoms with Gasteiger partial charge in [-0.15, -0.1) is 11.3 Å². The molecule has 0 atom stereocenters. The van der Waals surface area contributed by atoms with Crippen LogP contribution in [-0.4, -0.2) is 38.4 Å². The molecule has 25 heavy (non-hydrogen) atoms. The summed E-state index contributed by atoms with van der Waals surface area (Å²) >= 11 is 4.74. The molecule has 0 spiro atoms. The molecule has 0 bridgehead atoms. The first-order valence-corrected chi connectivity index (χ1v) is 10.8. The quantitative estimate of drug-likeness (QED) is 0.783. The van der Waals surface area contributed by atoms with E-state index in [1.165, 1.54) is 23.5 Å². The van der Waals surface area contributed by atoms with Gasteiger partial charge >= 0.3 is 0 Å². The van der Waals surface area contributed by atoms with Gasteiger partial charge in [0.25, 0.3) is 5.91 Å². The first-order valence-electron chi connectivity index (χ1n) is 7.67. The number of rotatable bonds is 4. The fourth-order valence-electron chi connectivity index (χ4n) is 2.69. The molecule has 1 aliphatic rings. The molecule has 1 amide bonds. The van der Waals surface area contributed by atoms with Crippen LogP contribution in [0.4, 0.5) is 4.39 Å². The average molecular weight is 447 g/mol. The zero-order valence-corrected chi connectivity index (χ0v) is 16.3. The van der Waals surface area contributed by atoms with E-state index >= 15 is 0 Å². The van der Waals surface area contributed by atoms with Crippen LogP contribution in [0.5, 0.6) is 0 Å². The molecule has 0 radical (unpaired) electrons. The van der Waals surface area contributed by atoms with Gasteiger partial charge in [-0.05, 0) is 64.5 Å². The minimum atomic E-state index is -3.69. The molecular weight excluding hydrogens is 431 g/mol. The first kappa shape index (κ1) is 18.5. The van der Waals surface area contributed by atoms with Gasteiger partial charge in [0.05, 0.1) is 4.90 Å². The van der Waals surface area contributed by atoms with Crippen LogP contribution in [0.2, 0.25) is 0 Å². The van der Waals surface area contributed by atoms with E-state index in [-0.39, 0.29) is 16.8 Å². The fraction of sp³-hybridized carbons (Fsp3) is 0.312. The van der Waals surface area contributed by atoms with Crippen LogP contribution in [0.3, 0.4) is 0 Å². The molecule has 0 unspecified atom stereocenters. The number of piperidine rings is 1. The van der Waals surface area contributed by atoms with E-state index in [2.05, 4.69) is 20.7 Å². The van der Waals surface area contributed by atoms with E-state index in [9.17, 15) is 17.6 Å². The summed E-state index contributed by atoms with van der Waals surface area (Å²) in [5.41, 5.74) is 0. The predicted octanol–water partition coefficient (Wildman–Crippen LogP) is 3.23. The van der Waals surface area contributed by atoms with Crippen LogP contribution < -0.4 is 4.72 Å². The van der Waals surface area contributed by atoms with Crippen molar-refractivity contribution in [2.75, 3.05) is 13.1 Å². The zero-order valence-electron chi connectivity index (χ0n) is 13.1. The van der Waals surface area contributed by atoms with Gasteiger partial charge in [-0.1, -0.05) is 0 Å². The second kappa shape index (κ2) is 7.53. The molecule has 0 aliphatic carbocycles. The number of nitrogens with zero attached hydrogens (tertiary/aromatic N) is 1. The highest BCUT2D eigenvalue weighted by molar-refractivity contribution is 9.10. The molecule has 1 aromatic carbocycles. The second-order valence-electron chi connectivity index (χ2n) is 5.74. The monoisotopic (exact) mass is 446 g/mol. The van der Waals surface area contributed by atoms with Crippen molar-refractivity contribution in [2.45, 2.75) is 23.8 Å². The lowest BCUT2D eigenvalue weighted by Crippen LogP contribution is -2.46. The molecule has 1 aliphatic heterocycles. The van der Waals surface area contributed by atoms with E-state index in [0.717, 1.165) is 16.6 Å². The van der Waals surface area contributed by atoms with Gasteiger partial charge < -0.3 is 4.90 Å². The average Bonchev–Trinajstić information content (AvgIpc) is 3.01. The number of amides is 1. The number of hydrogen-bond acceptors (Lipinski definition) is 4. The van der Waals surface area contributed by atoms with Crippen LogP contribution in [0.1, 0.15) is 22.5 Å². The Labute approximate surface area is 158 Å². The van der Waals surface area contributed by atoms with Gasteiger partial charge in [0.15, 0.2) is 0 Å². The molecule has 5 nitrogen and oxygen atoms in total. The highest BCUT2D eigenvalue weighted by Gasteiger charge is 2.28. The van der Waals surface area contributed by atoms with Crippen molar-refractivity contribution in [3.63, 3.8) is 0 Å². The molecule has 3 rings (SSSR count). The normalized spacial score (nSPS) is 16.2. The number of halogens is 2. The van der Waals surface area contributed by atoms with Crippen molar-refractivity contribution in [3.8, 4) is 0 Å². The minimum absolute atomic E-state index is 0.0370. The summed E-state index contributed by atoms with van der Waals surface area (Å²) in [6, 6.07) is 6.31. The zero-order chi connectivity index (χ0) is 18.0. The number of nitrogens with one attached hydrogen (secondary N) is 1. The second-order valence-corrected chi connectivity index (χ2v) is 9.22. The maximum absolute atomic E-state index is 12.9. The number of sulfonamides is 1. The topological polar surface area (TPSA) is 66.5 Å². The molecule has 1 saturated heterocycles. The third kappa shape index (κ3) is 4.28. The minimum Gasteiger partial charge on any atom is -0.338 e. The van der Waals surface area contributed by atoms with Crippen molar-refractivity contribution < 1.29 is 17.6 Å². The Kier molecular flexibility index (Phi) is 5.57. The van der Waals surface area contributed by atoms with Gasteiger partial charge in [-0.25, -0.2) is 17.5 Å². The number of carbonyl (C=O) groups is 1. The van der Waals surface area contributed by atoms with Gasteiger partial charge in [-0.2, -0.15) is 0 Å². The molecule has 1 N–H and O–H groups in total. The first-order chi connectivity index (χ1) is 11.9. The van der Waals surface area contributed by atoms with Crippen LogP contribution in [-0.2, 0) is 10.0 Å². The van der Waals surface area contributed by atoms with Crippen molar-refractivity contribution in [1.29, 1.82) is 0 Å². The van der Waals surface area contributed by atoms with E-state index in [0.29, 0.717) is 30.8 Å². The standard InChI is InChI=1S/C16H16BrFN2O3S2/c17-14-7-10-24-15(14)16(21)20-8-5-12(6-9-20)19-25(22,23)13-3-1-11(18)2-4-13/h1-4,7,10,12,19H,5-6,8-9H2. The third-order valence-corrected chi connectivity index (χ3v) is 7.40. The number of hydrogen-bond donors (Lipinski definition) is 1. The highest BCUT2D eigenvalue weighted by atomic mass is 79.9. The molecule has 1 fully saturated rings. The van der Waals surface area contributed by atoms with E-state index < -0.39 is 15.8 Å². The summed E-state index contributed by atoms with van der Waals surface area (Å²) in [5, 5.41) is 1.85. The maximum atomic E-state index is 12.9. The third-order valence-electron chi connectivity index (χ3n) is 4.04. The molecule has 1 aromatic heterocycles. The van der Waals surface area contributed by atoms with E-state index in [4.69, 9.17) is 0 Å². The summed E-state index contributed by atoms with van der Waals surface area (Å²) < 4.78 is 41.0. The van der Waals surface area contributed by atoms with Crippen LogP contribution in [0.15, 0.2) is 45.1 Å². The summed E-state index contributed by atoms with van der Waals surface area (Å²) in [5.74, 6) is -0.521. The van der Waals surface area contributed by atoms with Crippen molar-refractivity contribution in [2.24, 2.45) is 0 Å². The van der Waals surface area contributed by atoms with Gasteiger partial charge in [0, 0.05) is 23.6 Å².